The summed E-state index contributed by atoms with van der Waals surface area (Å²) in [4.78, 5) is 9.75. The Labute approximate surface area is 275 Å². The van der Waals surface area contributed by atoms with Crippen molar-refractivity contribution in [3.05, 3.63) is 158 Å². The van der Waals surface area contributed by atoms with Gasteiger partial charge in [-0.2, -0.15) is 0 Å². The topological polar surface area (TPSA) is 25.8 Å². The van der Waals surface area contributed by atoms with Crippen LogP contribution < -0.4 is 0 Å². The molecule has 213 valence electrons. The Kier molecular flexibility index (Phi) is 6.72. The minimum atomic E-state index is 0. The van der Waals surface area contributed by atoms with E-state index in [0.717, 1.165) is 33.5 Å². The molecule has 0 bridgehead atoms. The van der Waals surface area contributed by atoms with E-state index in [0.29, 0.717) is 0 Å². The molecule has 0 amide bonds. The van der Waals surface area contributed by atoms with Crippen LogP contribution in [0.25, 0.3) is 88.8 Å². The maximum atomic E-state index is 4.89. The molecule has 0 unspecified atom stereocenters. The van der Waals surface area contributed by atoms with Crippen molar-refractivity contribution in [3.63, 3.8) is 0 Å². The number of aromatic nitrogens is 2. The van der Waals surface area contributed by atoms with Gasteiger partial charge in [-0.05, 0) is 68.4 Å². The molecule has 0 N–H and O–H groups in total. The molecule has 8 aromatic rings. The molecule has 0 atom stereocenters. The maximum absolute atomic E-state index is 4.89. The zero-order valence-electron chi connectivity index (χ0n) is 24.2. The van der Waals surface area contributed by atoms with Gasteiger partial charge in [0.2, 0.25) is 0 Å². The molecule has 45 heavy (non-hydrogen) atoms. The summed E-state index contributed by atoms with van der Waals surface area (Å²) in [7, 11) is 0. The van der Waals surface area contributed by atoms with Crippen molar-refractivity contribution in [2.75, 3.05) is 0 Å². The minimum absolute atomic E-state index is 0. The van der Waals surface area contributed by atoms with Crippen LogP contribution in [0.15, 0.2) is 152 Å². The van der Waals surface area contributed by atoms with Gasteiger partial charge in [-0.15, -0.1) is 35.9 Å². The quantitative estimate of drug-likeness (QED) is 0.165. The van der Waals surface area contributed by atoms with Crippen LogP contribution in [0, 0.1) is 6.07 Å². The monoisotopic (exact) mass is 750 g/mol. The van der Waals surface area contributed by atoms with Crippen molar-refractivity contribution >= 4 is 21.8 Å². The fourth-order valence-corrected chi connectivity index (χ4v) is 6.80. The summed E-state index contributed by atoms with van der Waals surface area (Å²) in [5.41, 5.74) is 16.8. The molecule has 2 nitrogen and oxygen atoms in total. The van der Waals surface area contributed by atoms with Crippen molar-refractivity contribution < 1.29 is 20.1 Å². The Balaban J connectivity index is 0.000000131. The van der Waals surface area contributed by atoms with Crippen LogP contribution in [0.4, 0.5) is 0 Å². The van der Waals surface area contributed by atoms with Gasteiger partial charge in [0.15, 0.2) is 0 Å². The van der Waals surface area contributed by atoms with Crippen molar-refractivity contribution in [2.24, 2.45) is 0 Å². The van der Waals surface area contributed by atoms with E-state index >= 15 is 0 Å². The smallest absolute Gasteiger partial charge is 0.0722 e. The second-order valence-electron chi connectivity index (χ2n) is 11.2. The first-order chi connectivity index (χ1) is 21.8. The second kappa shape index (κ2) is 11.1. The summed E-state index contributed by atoms with van der Waals surface area (Å²) >= 11 is 0. The van der Waals surface area contributed by atoms with Crippen molar-refractivity contribution in [1.82, 2.24) is 9.97 Å². The van der Waals surface area contributed by atoms with Crippen molar-refractivity contribution in [2.45, 2.75) is 0 Å². The number of nitrogens with zero attached hydrogens (tertiary/aromatic N) is 2. The van der Waals surface area contributed by atoms with Crippen LogP contribution in [-0.2, 0) is 20.1 Å². The third-order valence-electron chi connectivity index (χ3n) is 8.74. The zero-order chi connectivity index (χ0) is 29.0. The molecule has 1 radical (unpaired) electrons. The van der Waals surface area contributed by atoms with E-state index in [1.54, 1.807) is 0 Å². The van der Waals surface area contributed by atoms with E-state index in [9.17, 15) is 0 Å². The van der Waals surface area contributed by atoms with E-state index in [1.807, 2.05) is 24.3 Å². The molecule has 2 heterocycles. The standard InChI is InChI=1S/C21H13N.C21H12N.Ir/c2*1-2-7-14(8-3-1)20-13-18-16-10-5-4-9-15(16)17-11-6-12-19(22-20)21(17)18;/h1-13H;1-7,9-13H;/q;-1;. The van der Waals surface area contributed by atoms with Crippen LogP contribution in [0.3, 0.4) is 0 Å². The van der Waals surface area contributed by atoms with Crippen molar-refractivity contribution in [3.8, 4) is 67.0 Å². The molecular formula is C42H25IrN2-. The van der Waals surface area contributed by atoms with Gasteiger partial charge < -0.3 is 0 Å². The molecule has 2 aliphatic rings. The number of hydrogen-bond donors (Lipinski definition) is 0. The molecular weight excluding hydrogens is 725 g/mol. The van der Waals surface area contributed by atoms with Gasteiger partial charge in [0.25, 0.3) is 0 Å². The third-order valence-corrected chi connectivity index (χ3v) is 8.74. The van der Waals surface area contributed by atoms with Crippen LogP contribution in [-0.4, -0.2) is 9.97 Å². The van der Waals surface area contributed by atoms with E-state index in [1.165, 1.54) is 55.3 Å². The SMILES string of the molecule is [Ir].[c-]1ccccc1-c1cc2c3c(cccc3n1)-c1ccccc1-2.c1ccc(-c2cc3c4c(cccc4n2)-c2ccccc2-3)cc1. The summed E-state index contributed by atoms with van der Waals surface area (Å²) in [6.45, 7) is 0. The normalized spacial score (nSPS) is 11.4. The van der Waals surface area contributed by atoms with Crippen molar-refractivity contribution in [1.29, 1.82) is 0 Å². The molecule has 6 aromatic carbocycles. The molecule has 10 rings (SSSR count). The first-order valence-corrected chi connectivity index (χ1v) is 14.9. The summed E-state index contributed by atoms with van der Waals surface area (Å²) in [6.07, 6.45) is 0. The van der Waals surface area contributed by atoms with E-state index in [4.69, 9.17) is 9.97 Å². The van der Waals surface area contributed by atoms with E-state index in [-0.39, 0.29) is 20.1 Å². The average Bonchev–Trinajstić information content (AvgIpc) is 3.61. The largest absolute Gasteiger partial charge is 0.296 e. The van der Waals surface area contributed by atoms with E-state index < -0.39 is 0 Å². The van der Waals surface area contributed by atoms with Gasteiger partial charge in [0, 0.05) is 36.4 Å². The number of pyridine rings is 2. The molecule has 0 saturated carbocycles. The summed E-state index contributed by atoms with van der Waals surface area (Å²) in [5.74, 6) is 0. The number of benzene rings is 6. The molecule has 0 saturated heterocycles. The molecule has 2 aromatic heterocycles. The average molecular weight is 750 g/mol. The molecule has 0 spiro atoms. The van der Waals surface area contributed by atoms with Gasteiger partial charge in [-0.1, -0.05) is 109 Å². The molecule has 2 aliphatic carbocycles. The first-order valence-electron chi connectivity index (χ1n) is 14.9. The maximum Gasteiger partial charge on any atom is 0.0722 e. The Morgan fingerprint density at radius 1 is 0.378 bits per heavy atom. The van der Waals surface area contributed by atoms with Crippen LogP contribution in [0.1, 0.15) is 0 Å². The fourth-order valence-electron chi connectivity index (χ4n) is 6.80. The Bertz CT molecular complexity index is 2210. The van der Waals surface area contributed by atoms with Gasteiger partial charge in [-0.25, -0.2) is 4.98 Å². The Hall–Kier alpha value is -5.21. The molecule has 0 aliphatic heterocycles. The van der Waals surface area contributed by atoms with Crippen LogP contribution in [0.5, 0.6) is 0 Å². The van der Waals surface area contributed by atoms with Gasteiger partial charge >= 0.3 is 0 Å². The Morgan fingerprint density at radius 2 is 0.844 bits per heavy atom. The minimum Gasteiger partial charge on any atom is -0.296 e. The molecule has 3 heteroatoms. The zero-order valence-corrected chi connectivity index (χ0v) is 26.6. The Morgan fingerprint density at radius 3 is 1.40 bits per heavy atom. The van der Waals surface area contributed by atoms with Gasteiger partial charge in [0.05, 0.1) is 16.7 Å². The van der Waals surface area contributed by atoms with Crippen LogP contribution >= 0.6 is 0 Å². The van der Waals surface area contributed by atoms with Gasteiger partial charge in [0.1, 0.15) is 0 Å². The number of rotatable bonds is 2. The third kappa shape index (κ3) is 4.44. The van der Waals surface area contributed by atoms with E-state index in [2.05, 4.69) is 133 Å². The van der Waals surface area contributed by atoms with Crippen LogP contribution in [0.2, 0.25) is 0 Å². The predicted molar refractivity (Wildman–Crippen MR) is 182 cm³/mol. The summed E-state index contributed by atoms with van der Waals surface area (Å²) < 4.78 is 0. The summed E-state index contributed by atoms with van der Waals surface area (Å²) in [6, 6.07) is 56.1. The first kappa shape index (κ1) is 27.3. The fraction of sp³-hybridized carbons (Fsp3) is 0. The predicted octanol–water partition coefficient (Wildman–Crippen LogP) is 10.9. The number of fused-ring (bicyclic) bond motifs is 6. The molecule has 0 fully saturated rings. The van der Waals surface area contributed by atoms with Gasteiger partial charge in [-0.3, -0.25) is 4.98 Å². The second-order valence-corrected chi connectivity index (χ2v) is 11.2. The summed E-state index contributed by atoms with van der Waals surface area (Å²) in [5, 5.41) is 2.55. The number of hydrogen-bond acceptors (Lipinski definition) is 2.